The summed E-state index contributed by atoms with van der Waals surface area (Å²) in [6.45, 7) is 7.31. The highest BCUT2D eigenvalue weighted by atomic mass is 15.0. The number of nitrogens with zero attached hydrogens (tertiary/aromatic N) is 1. The summed E-state index contributed by atoms with van der Waals surface area (Å²) >= 11 is 0. The fourth-order valence-corrected chi connectivity index (χ4v) is 13.6. The SMILES string of the molecule is CC1CC=CC2=C1c1ccccc1C21c2ccccc2C2c3[nH]c4ccc(-c5ccc6c(c5)c5c(n6-c6ccccc6)CC6C(=C5)c5ccccc5C6(C)C)cc4c3C=CC21. The second-order valence-electron chi connectivity index (χ2n) is 19.3. The molecule has 1 spiro atoms. The van der Waals surface area contributed by atoms with Crippen LogP contribution in [0.15, 0.2) is 163 Å². The van der Waals surface area contributed by atoms with E-state index in [1.807, 2.05) is 0 Å². The fraction of sp³-hybridized carbons (Fsp3) is 0.186. The molecule has 0 saturated heterocycles. The van der Waals surface area contributed by atoms with Crippen molar-refractivity contribution in [1.82, 2.24) is 9.55 Å². The molecule has 0 saturated carbocycles. The summed E-state index contributed by atoms with van der Waals surface area (Å²) in [7, 11) is 0. The van der Waals surface area contributed by atoms with Gasteiger partial charge in [-0.1, -0.05) is 148 Å². The predicted molar refractivity (Wildman–Crippen MR) is 253 cm³/mol. The molecule has 6 aliphatic rings. The van der Waals surface area contributed by atoms with Gasteiger partial charge in [0.1, 0.15) is 0 Å². The average Bonchev–Trinajstić information content (AvgIpc) is 4.06. The van der Waals surface area contributed by atoms with Gasteiger partial charge in [0.15, 0.2) is 0 Å². The predicted octanol–water partition coefficient (Wildman–Crippen LogP) is 14.2. The summed E-state index contributed by atoms with van der Waals surface area (Å²) < 4.78 is 2.55. The van der Waals surface area contributed by atoms with Gasteiger partial charge in [0.2, 0.25) is 0 Å². The van der Waals surface area contributed by atoms with E-state index in [-0.39, 0.29) is 22.7 Å². The Morgan fingerprint density at radius 3 is 2.25 bits per heavy atom. The van der Waals surface area contributed by atoms with Crippen molar-refractivity contribution in [2.24, 2.45) is 17.8 Å². The molecule has 8 aromatic rings. The van der Waals surface area contributed by atoms with Crippen molar-refractivity contribution in [3.05, 3.63) is 219 Å². The molecule has 1 N–H and O–H groups in total. The Morgan fingerprint density at radius 2 is 1.39 bits per heavy atom. The van der Waals surface area contributed by atoms with E-state index >= 15 is 0 Å². The minimum absolute atomic E-state index is 0.0668. The number of hydrogen-bond acceptors (Lipinski definition) is 0. The number of aromatic nitrogens is 2. The zero-order valence-electron chi connectivity index (χ0n) is 34.8. The molecule has 5 atom stereocenters. The van der Waals surface area contributed by atoms with E-state index in [9.17, 15) is 0 Å². The molecule has 2 nitrogen and oxygen atoms in total. The summed E-state index contributed by atoms with van der Waals surface area (Å²) in [5.41, 5.74) is 24.9. The van der Waals surface area contributed by atoms with E-state index in [0.29, 0.717) is 11.8 Å². The molecule has 61 heavy (non-hydrogen) atoms. The Hall–Kier alpha value is -6.64. The number of para-hydroxylation sites is 1. The summed E-state index contributed by atoms with van der Waals surface area (Å²) in [6.07, 6.45) is 14.6. The number of H-pyrrole nitrogens is 1. The molecule has 0 amide bonds. The lowest BCUT2D eigenvalue weighted by Crippen LogP contribution is -2.34. The van der Waals surface area contributed by atoms with Gasteiger partial charge in [0.25, 0.3) is 0 Å². The summed E-state index contributed by atoms with van der Waals surface area (Å²) in [4.78, 5) is 4.05. The number of benzene rings is 6. The Kier molecular flexibility index (Phi) is 6.60. The first kappa shape index (κ1) is 34.1. The van der Waals surface area contributed by atoms with E-state index in [4.69, 9.17) is 0 Å². The van der Waals surface area contributed by atoms with E-state index < -0.39 is 0 Å². The van der Waals surface area contributed by atoms with Gasteiger partial charge >= 0.3 is 0 Å². The topological polar surface area (TPSA) is 20.7 Å². The second kappa shape index (κ2) is 11.8. The number of nitrogens with one attached hydrogen (secondary N) is 1. The summed E-state index contributed by atoms with van der Waals surface area (Å²) in [6, 6.07) is 53.1. The first-order valence-electron chi connectivity index (χ1n) is 22.4. The highest BCUT2D eigenvalue weighted by molar-refractivity contribution is 6.03. The number of fused-ring (bicyclic) bond motifs is 19. The van der Waals surface area contributed by atoms with Gasteiger partial charge in [-0.3, -0.25) is 0 Å². The van der Waals surface area contributed by atoms with Crippen molar-refractivity contribution in [3.8, 4) is 16.8 Å². The molecule has 0 bridgehead atoms. The Morgan fingerprint density at radius 1 is 0.672 bits per heavy atom. The van der Waals surface area contributed by atoms with Gasteiger partial charge < -0.3 is 9.55 Å². The van der Waals surface area contributed by atoms with Crippen LogP contribution in [0.3, 0.4) is 0 Å². The summed E-state index contributed by atoms with van der Waals surface area (Å²) in [5, 5.41) is 2.63. The molecule has 6 aliphatic carbocycles. The van der Waals surface area contributed by atoms with Gasteiger partial charge in [-0.25, -0.2) is 0 Å². The van der Waals surface area contributed by atoms with Crippen LogP contribution >= 0.6 is 0 Å². The van der Waals surface area contributed by atoms with E-state index in [1.165, 1.54) is 106 Å². The molecular weight excluding hydrogens is 737 g/mol. The largest absolute Gasteiger partial charge is 0.357 e. The molecule has 6 aromatic carbocycles. The van der Waals surface area contributed by atoms with Crippen molar-refractivity contribution in [2.45, 2.75) is 50.4 Å². The lowest BCUT2D eigenvalue weighted by Gasteiger charge is -2.38. The molecule has 0 fully saturated rings. The first-order valence-corrected chi connectivity index (χ1v) is 22.4. The van der Waals surface area contributed by atoms with Crippen LogP contribution in [0.4, 0.5) is 0 Å². The molecule has 0 aliphatic heterocycles. The average molecular weight is 783 g/mol. The van der Waals surface area contributed by atoms with E-state index in [2.05, 4.69) is 200 Å². The minimum atomic E-state index is -0.203. The zero-order chi connectivity index (χ0) is 40.4. The molecule has 14 rings (SSSR count). The molecule has 2 heterocycles. The monoisotopic (exact) mass is 782 g/mol. The van der Waals surface area contributed by atoms with Crippen LogP contribution in [0.1, 0.15) is 89.0 Å². The van der Waals surface area contributed by atoms with Gasteiger partial charge in [-0.2, -0.15) is 0 Å². The molecule has 292 valence electrons. The van der Waals surface area contributed by atoms with Crippen LogP contribution < -0.4 is 0 Å². The van der Waals surface area contributed by atoms with Crippen molar-refractivity contribution >= 4 is 45.1 Å². The Balaban J connectivity index is 0.929. The Labute approximate surface area is 357 Å². The maximum Gasteiger partial charge on any atom is 0.0538 e. The lowest BCUT2D eigenvalue weighted by molar-refractivity contribution is 0.405. The molecule has 0 radical (unpaired) electrons. The molecular formula is C59H46N2. The van der Waals surface area contributed by atoms with Crippen molar-refractivity contribution in [3.63, 3.8) is 0 Å². The van der Waals surface area contributed by atoms with Crippen LogP contribution in [0.5, 0.6) is 0 Å². The van der Waals surface area contributed by atoms with Gasteiger partial charge in [-0.15, -0.1) is 0 Å². The lowest BCUT2D eigenvalue weighted by atomic mass is 9.63. The second-order valence-corrected chi connectivity index (χ2v) is 19.3. The summed E-state index contributed by atoms with van der Waals surface area (Å²) in [5.74, 6) is 1.45. The van der Waals surface area contributed by atoms with E-state index in [1.54, 1.807) is 5.57 Å². The Bertz CT molecular complexity index is 3370. The fourth-order valence-electron chi connectivity index (χ4n) is 13.6. The first-order chi connectivity index (χ1) is 29.9. The van der Waals surface area contributed by atoms with Crippen molar-refractivity contribution < 1.29 is 0 Å². The third kappa shape index (κ3) is 4.19. The van der Waals surface area contributed by atoms with E-state index in [0.717, 1.165) is 12.8 Å². The van der Waals surface area contributed by atoms with Crippen LogP contribution in [0, 0.1) is 17.8 Å². The number of allylic oxidation sites excluding steroid dienone is 6. The van der Waals surface area contributed by atoms with Crippen molar-refractivity contribution in [2.75, 3.05) is 0 Å². The molecule has 2 aromatic heterocycles. The minimum Gasteiger partial charge on any atom is -0.357 e. The van der Waals surface area contributed by atoms with Gasteiger partial charge in [0, 0.05) is 56.3 Å². The maximum absolute atomic E-state index is 4.05. The highest BCUT2D eigenvalue weighted by Crippen LogP contribution is 2.68. The van der Waals surface area contributed by atoms with Crippen LogP contribution in [0.25, 0.3) is 61.9 Å². The van der Waals surface area contributed by atoms with Gasteiger partial charge in [0.05, 0.1) is 10.9 Å². The standard InChI is InChI=1S/C59H46N2/c1-34-14-13-23-49-55(34)40-18-8-11-21-47(40)59(49)48-22-12-9-19-41(48)56-50(59)27-26-39-43-30-35(24-28-52(43)60-57(39)56)36-25-29-53-44(31-36)45-32-42-38-17-7-10-20-46(38)58(2,3)51(42)33-54(45)61(53)37-15-5-4-6-16-37/h4-13,15-32,34,50-51,56,60H,14,33H2,1-3H3. The third-order valence-corrected chi connectivity index (χ3v) is 16.2. The number of aromatic amines is 1. The third-order valence-electron chi connectivity index (χ3n) is 16.2. The van der Waals surface area contributed by atoms with Crippen LogP contribution in [-0.2, 0) is 17.3 Å². The maximum atomic E-state index is 4.05. The zero-order valence-corrected chi connectivity index (χ0v) is 34.8. The normalized spacial score (nSPS) is 24.3. The highest BCUT2D eigenvalue weighted by Gasteiger charge is 2.59. The smallest absolute Gasteiger partial charge is 0.0538 e. The van der Waals surface area contributed by atoms with Crippen molar-refractivity contribution in [1.29, 1.82) is 0 Å². The molecule has 5 unspecified atom stereocenters. The van der Waals surface area contributed by atoms with Crippen LogP contribution in [-0.4, -0.2) is 9.55 Å². The van der Waals surface area contributed by atoms with Crippen LogP contribution in [0.2, 0.25) is 0 Å². The number of hydrogen-bond donors (Lipinski definition) is 1. The molecule has 2 heteroatoms. The quantitative estimate of drug-likeness (QED) is 0.180. The number of rotatable bonds is 2. The van der Waals surface area contributed by atoms with Gasteiger partial charge in [-0.05, 0) is 134 Å².